The van der Waals surface area contributed by atoms with Crippen molar-refractivity contribution in [3.63, 3.8) is 0 Å². The molecule has 2 rings (SSSR count). The van der Waals surface area contributed by atoms with Crippen LogP contribution in [0.3, 0.4) is 0 Å². The second kappa shape index (κ2) is 6.65. The maximum Gasteiger partial charge on any atom is 0.163 e. The highest BCUT2D eigenvalue weighted by Crippen LogP contribution is 2.32. The van der Waals surface area contributed by atoms with E-state index in [2.05, 4.69) is 0 Å². The highest BCUT2D eigenvalue weighted by molar-refractivity contribution is 7.10. The van der Waals surface area contributed by atoms with Gasteiger partial charge in [0.15, 0.2) is 5.78 Å². The summed E-state index contributed by atoms with van der Waals surface area (Å²) in [6.07, 6.45) is 0.177. The molecule has 0 spiro atoms. The first-order valence-corrected chi connectivity index (χ1v) is 7.05. The van der Waals surface area contributed by atoms with Crippen LogP contribution in [0.4, 0.5) is 0 Å². The van der Waals surface area contributed by atoms with Crippen molar-refractivity contribution < 1.29 is 4.79 Å². The summed E-state index contributed by atoms with van der Waals surface area (Å²) in [5, 5.41) is 20.1. The first-order chi connectivity index (χ1) is 9.76. The summed E-state index contributed by atoms with van der Waals surface area (Å²) < 4.78 is 0. The SMILES string of the molecule is N#CC(C#N)C(CC(=O)c1ccccc1)c1cccs1. The van der Waals surface area contributed by atoms with Crippen molar-refractivity contribution in [1.29, 1.82) is 10.5 Å². The molecule has 1 heterocycles. The van der Waals surface area contributed by atoms with Crippen LogP contribution in [0, 0.1) is 28.6 Å². The summed E-state index contributed by atoms with van der Waals surface area (Å²) in [5.41, 5.74) is 0.615. The van der Waals surface area contributed by atoms with Gasteiger partial charge < -0.3 is 0 Å². The molecule has 0 bridgehead atoms. The highest BCUT2D eigenvalue weighted by Gasteiger charge is 2.26. The lowest BCUT2D eigenvalue weighted by Crippen LogP contribution is -2.14. The van der Waals surface area contributed by atoms with E-state index in [1.807, 2.05) is 35.7 Å². The quantitative estimate of drug-likeness (QED) is 0.783. The van der Waals surface area contributed by atoms with Gasteiger partial charge >= 0.3 is 0 Å². The first-order valence-electron chi connectivity index (χ1n) is 6.17. The van der Waals surface area contributed by atoms with Gasteiger partial charge in [-0.1, -0.05) is 36.4 Å². The van der Waals surface area contributed by atoms with Crippen LogP contribution >= 0.6 is 11.3 Å². The van der Waals surface area contributed by atoms with Crippen LogP contribution < -0.4 is 0 Å². The lowest BCUT2D eigenvalue weighted by Gasteiger charge is -2.15. The third-order valence-electron chi connectivity index (χ3n) is 3.09. The highest BCUT2D eigenvalue weighted by atomic mass is 32.1. The van der Waals surface area contributed by atoms with Crippen LogP contribution in [0.1, 0.15) is 27.6 Å². The second-order valence-electron chi connectivity index (χ2n) is 4.35. The van der Waals surface area contributed by atoms with Crippen molar-refractivity contribution in [1.82, 2.24) is 0 Å². The van der Waals surface area contributed by atoms with Gasteiger partial charge in [0.2, 0.25) is 0 Å². The van der Waals surface area contributed by atoms with Gasteiger partial charge in [-0.05, 0) is 11.4 Å². The molecule has 0 saturated carbocycles. The number of nitriles is 2. The minimum absolute atomic E-state index is 0.0421. The van der Waals surface area contributed by atoms with E-state index in [1.54, 1.807) is 24.3 Å². The van der Waals surface area contributed by atoms with Crippen LogP contribution in [-0.2, 0) is 0 Å². The van der Waals surface area contributed by atoms with E-state index in [1.165, 1.54) is 11.3 Å². The van der Waals surface area contributed by atoms with E-state index in [4.69, 9.17) is 10.5 Å². The van der Waals surface area contributed by atoms with Crippen LogP contribution in [0.25, 0.3) is 0 Å². The third kappa shape index (κ3) is 3.12. The fourth-order valence-electron chi connectivity index (χ4n) is 2.04. The van der Waals surface area contributed by atoms with Crippen LogP contribution in [0.5, 0.6) is 0 Å². The van der Waals surface area contributed by atoms with Crippen LogP contribution in [0.15, 0.2) is 47.8 Å². The number of carbonyl (C=O) groups excluding carboxylic acids is 1. The molecule has 0 amide bonds. The van der Waals surface area contributed by atoms with E-state index in [0.717, 1.165) is 4.88 Å². The maximum atomic E-state index is 12.3. The Kier molecular flexibility index (Phi) is 4.65. The minimum Gasteiger partial charge on any atom is -0.294 e. The summed E-state index contributed by atoms with van der Waals surface area (Å²) in [4.78, 5) is 13.2. The lowest BCUT2D eigenvalue weighted by molar-refractivity contribution is 0.0971. The number of rotatable bonds is 5. The van der Waals surface area contributed by atoms with Gasteiger partial charge in [-0.15, -0.1) is 11.3 Å². The molecule has 1 aromatic carbocycles. The Balaban J connectivity index is 2.24. The molecule has 20 heavy (non-hydrogen) atoms. The summed E-state index contributed by atoms with van der Waals surface area (Å²) in [5.74, 6) is -1.21. The predicted molar refractivity (Wildman–Crippen MR) is 77.2 cm³/mol. The topological polar surface area (TPSA) is 64.7 Å². The van der Waals surface area contributed by atoms with Gasteiger partial charge in [-0.2, -0.15) is 10.5 Å². The van der Waals surface area contributed by atoms with Gasteiger partial charge in [0.05, 0.1) is 12.1 Å². The average Bonchev–Trinajstić information content (AvgIpc) is 3.02. The molecule has 0 radical (unpaired) electrons. The Morgan fingerprint density at radius 2 is 1.80 bits per heavy atom. The Bertz CT molecular complexity index is 636. The maximum absolute atomic E-state index is 12.3. The van der Waals surface area contributed by atoms with E-state index < -0.39 is 5.92 Å². The zero-order valence-corrected chi connectivity index (χ0v) is 11.5. The predicted octanol–water partition coefficient (Wildman–Crippen LogP) is 3.77. The summed E-state index contributed by atoms with van der Waals surface area (Å²) in [6.45, 7) is 0. The molecule has 1 unspecified atom stereocenters. The molecular weight excluding hydrogens is 268 g/mol. The smallest absolute Gasteiger partial charge is 0.163 e. The molecule has 4 heteroatoms. The lowest BCUT2D eigenvalue weighted by atomic mass is 9.87. The normalized spacial score (nSPS) is 11.6. The number of hydrogen-bond donors (Lipinski definition) is 0. The zero-order chi connectivity index (χ0) is 14.4. The fourth-order valence-corrected chi connectivity index (χ4v) is 2.90. The van der Waals surface area contributed by atoms with Crippen LogP contribution in [0.2, 0.25) is 0 Å². The van der Waals surface area contributed by atoms with Gasteiger partial charge in [0, 0.05) is 22.8 Å². The number of thiophene rings is 1. The number of Topliss-reactive ketones (excluding diaryl/α,β-unsaturated/α-hetero) is 1. The van der Waals surface area contributed by atoms with Crippen molar-refractivity contribution in [3.8, 4) is 12.1 Å². The fraction of sp³-hybridized carbons (Fsp3) is 0.188. The molecule has 98 valence electrons. The number of nitrogens with zero attached hydrogens (tertiary/aromatic N) is 2. The zero-order valence-electron chi connectivity index (χ0n) is 10.7. The van der Waals surface area contributed by atoms with Crippen molar-refractivity contribution in [2.75, 3.05) is 0 Å². The number of benzene rings is 1. The number of carbonyl (C=O) groups is 1. The molecular formula is C16H12N2OS. The number of hydrogen-bond acceptors (Lipinski definition) is 4. The van der Waals surface area contributed by atoms with Crippen molar-refractivity contribution >= 4 is 17.1 Å². The Hall–Kier alpha value is -2.43. The van der Waals surface area contributed by atoms with Crippen molar-refractivity contribution in [2.24, 2.45) is 5.92 Å². The van der Waals surface area contributed by atoms with E-state index in [-0.39, 0.29) is 18.1 Å². The molecule has 0 aliphatic carbocycles. The molecule has 1 aromatic heterocycles. The molecule has 0 fully saturated rings. The standard InChI is InChI=1S/C16H12N2OS/c17-10-13(11-18)14(16-7-4-8-20-16)9-15(19)12-5-2-1-3-6-12/h1-8,13-14H,9H2. The van der Waals surface area contributed by atoms with Crippen molar-refractivity contribution in [2.45, 2.75) is 12.3 Å². The van der Waals surface area contributed by atoms with Crippen molar-refractivity contribution in [3.05, 3.63) is 58.3 Å². The van der Waals surface area contributed by atoms with E-state index >= 15 is 0 Å². The van der Waals surface area contributed by atoms with Crippen LogP contribution in [-0.4, -0.2) is 5.78 Å². The Morgan fingerprint density at radius 1 is 1.10 bits per heavy atom. The molecule has 1 atom stereocenters. The molecule has 0 N–H and O–H groups in total. The minimum atomic E-state index is -0.804. The molecule has 2 aromatic rings. The monoisotopic (exact) mass is 280 g/mol. The summed E-state index contributed by atoms with van der Waals surface area (Å²) in [6, 6.07) is 16.7. The second-order valence-corrected chi connectivity index (χ2v) is 5.33. The van der Waals surface area contributed by atoms with Gasteiger partial charge in [0.1, 0.15) is 5.92 Å². The van der Waals surface area contributed by atoms with Gasteiger partial charge in [0.25, 0.3) is 0 Å². The van der Waals surface area contributed by atoms with E-state index in [0.29, 0.717) is 5.56 Å². The molecule has 0 saturated heterocycles. The summed E-state index contributed by atoms with van der Waals surface area (Å²) in [7, 11) is 0. The number of ketones is 1. The summed E-state index contributed by atoms with van der Waals surface area (Å²) >= 11 is 1.47. The van der Waals surface area contributed by atoms with E-state index in [9.17, 15) is 4.79 Å². The Morgan fingerprint density at radius 3 is 2.35 bits per heavy atom. The van der Waals surface area contributed by atoms with Gasteiger partial charge in [-0.3, -0.25) is 4.79 Å². The molecule has 0 aliphatic heterocycles. The largest absolute Gasteiger partial charge is 0.294 e. The van der Waals surface area contributed by atoms with Gasteiger partial charge in [-0.25, -0.2) is 0 Å². The third-order valence-corrected chi connectivity index (χ3v) is 4.09. The molecule has 0 aliphatic rings. The first kappa shape index (κ1) is 14.0. The average molecular weight is 280 g/mol. The molecule has 3 nitrogen and oxygen atoms in total. The Labute approximate surface area is 121 Å².